The Morgan fingerprint density at radius 2 is 0.949 bits per heavy atom. The second kappa shape index (κ2) is 11.3. The average molecular weight is 613 g/mol. The maximum absolute atomic E-state index is 13.8. The third-order valence-electron chi connectivity index (χ3n) is 7.06. The molecule has 0 atom stereocenters. The molecular formula is C33H27BrNO2PS. The van der Waals surface area contributed by atoms with Crippen LogP contribution in [0, 0.1) is 0 Å². The van der Waals surface area contributed by atoms with Gasteiger partial charge in [-0.2, -0.15) is 0 Å². The lowest BCUT2D eigenvalue weighted by Crippen LogP contribution is -3.00. The molecule has 5 aromatic carbocycles. The van der Waals surface area contributed by atoms with Crippen molar-refractivity contribution in [2.24, 2.45) is 0 Å². The van der Waals surface area contributed by atoms with Crippen LogP contribution in [0.4, 0.5) is 0 Å². The molecule has 1 heterocycles. The van der Waals surface area contributed by atoms with Gasteiger partial charge in [-0.15, -0.1) is 0 Å². The van der Waals surface area contributed by atoms with Crippen molar-refractivity contribution >= 4 is 44.1 Å². The summed E-state index contributed by atoms with van der Waals surface area (Å²) in [4.78, 5) is 0.280. The van der Waals surface area contributed by atoms with Crippen molar-refractivity contribution in [2.45, 2.75) is 11.1 Å². The van der Waals surface area contributed by atoms with Crippen molar-refractivity contribution in [1.82, 2.24) is 3.97 Å². The normalized spacial score (nSPS) is 11.7. The van der Waals surface area contributed by atoms with Gasteiger partial charge < -0.3 is 17.0 Å². The number of para-hydroxylation sites is 1. The lowest BCUT2D eigenvalue weighted by Gasteiger charge is -2.27. The van der Waals surface area contributed by atoms with Crippen LogP contribution < -0.4 is 32.9 Å². The zero-order valence-corrected chi connectivity index (χ0v) is 24.4. The van der Waals surface area contributed by atoms with Crippen molar-refractivity contribution in [1.29, 1.82) is 0 Å². The van der Waals surface area contributed by atoms with Gasteiger partial charge in [0, 0.05) is 17.1 Å². The van der Waals surface area contributed by atoms with Gasteiger partial charge in [0.1, 0.15) is 29.3 Å². The second-order valence-corrected chi connectivity index (χ2v) is 14.6. The van der Waals surface area contributed by atoms with Gasteiger partial charge in [0.15, 0.2) is 0 Å². The summed E-state index contributed by atoms with van der Waals surface area (Å²) in [6.07, 6.45) is 2.54. The summed E-state index contributed by atoms with van der Waals surface area (Å²) >= 11 is 0. The van der Waals surface area contributed by atoms with Crippen molar-refractivity contribution in [3.05, 3.63) is 157 Å². The molecule has 0 aliphatic rings. The maximum atomic E-state index is 13.8. The third kappa shape index (κ3) is 4.87. The maximum Gasteiger partial charge on any atom is 0.268 e. The van der Waals surface area contributed by atoms with Crippen LogP contribution in [-0.4, -0.2) is 12.4 Å². The Hall–Kier alpha value is -3.50. The van der Waals surface area contributed by atoms with Gasteiger partial charge in [-0.1, -0.05) is 91.0 Å². The molecule has 0 bridgehead atoms. The molecule has 39 heavy (non-hydrogen) atoms. The molecular weight excluding hydrogens is 585 g/mol. The predicted molar refractivity (Wildman–Crippen MR) is 160 cm³/mol. The number of hydrogen-bond acceptors (Lipinski definition) is 2. The van der Waals surface area contributed by atoms with E-state index in [1.54, 1.807) is 24.3 Å². The summed E-state index contributed by atoms with van der Waals surface area (Å²) in [6.45, 7) is 0. The first-order valence-corrected chi connectivity index (χ1v) is 16.0. The minimum absolute atomic E-state index is 0. The Kier molecular flexibility index (Phi) is 7.86. The molecule has 0 aliphatic heterocycles. The molecule has 0 saturated carbocycles. The summed E-state index contributed by atoms with van der Waals surface area (Å²) in [6, 6.07) is 48.5. The molecule has 0 unspecified atom stereocenters. The summed E-state index contributed by atoms with van der Waals surface area (Å²) in [5.74, 6) is 0. The van der Waals surface area contributed by atoms with Gasteiger partial charge >= 0.3 is 0 Å². The van der Waals surface area contributed by atoms with E-state index in [-0.39, 0.29) is 21.9 Å². The molecule has 0 N–H and O–H groups in total. The quantitative estimate of drug-likeness (QED) is 0.260. The minimum Gasteiger partial charge on any atom is -1.00 e. The second-order valence-electron chi connectivity index (χ2n) is 9.26. The van der Waals surface area contributed by atoms with Gasteiger partial charge in [0.2, 0.25) is 0 Å². The van der Waals surface area contributed by atoms with E-state index in [1.807, 2.05) is 54.7 Å². The molecule has 6 rings (SSSR count). The van der Waals surface area contributed by atoms with E-state index in [1.165, 1.54) is 19.9 Å². The Labute approximate surface area is 240 Å². The predicted octanol–water partition coefficient (Wildman–Crippen LogP) is 3.38. The first-order chi connectivity index (χ1) is 18.6. The van der Waals surface area contributed by atoms with E-state index in [4.69, 9.17) is 0 Å². The third-order valence-corrected chi connectivity index (χ3v) is 13.1. The summed E-state index contributed by atoms with van der Waals surface area (Å²) in [5.41, 5.74) is 1.71. The highest BCUT2D eigenvalue weighted by molar-refractivity contribution is 7.95. The van der Waals surface area contributed by atoms with Gasteiger partial charge in [-0.3, -0.25) is 0 Å². The molecule has 0 amide bonds. The Morgan fingerprint density at radius 3 is 1.44 bits per heavy atom. The van der Waals surface area contributed by atoms with Crippen LogP contribution in [-0.2, 0) is 16.2 Å². The van der Waals surface area contributed by atoms with Crippen molar-refractivity contribution < 1.29 is 25.4 Å². The standard InChI is InChI=1S/C33H27NO2PS.BrH/c35-38(36,31-21-11-4-12-22-31)34-25-27(32-23-13-14-24-33(32)34)26-37(28-15-5-1-6-16-28,29-17-7-2-8-18-29)30-19-9-3-10-20-30;/h1-25H,26H2;1H/q+1;/p-1. The molecule has 0 radical (unpaired) electrons. The molecule has 0 fully saturated rings. The van der Waals surface area contributed by atoms with Crippen LogP contribution in [0.25, 0.3) is 10.9 Å². The van der Waals surface area contributed by atoms with Crippen LogP contribution in [0.5, 0.6) is 0 Å². The highest BCUT2D eigenvalue weighted by Gasteiger charge is 2.46. The lowest BCUT2D eigenvalue weighted by molar-refractivity contribution is -0.00000976. The van der Waals surface area contributed by atoms with Gasteiger partial charge in [0.05, 0.1) is 10.4 Å². The molecule has 1 aromatic heterocycles. The van der Waals surface area contributed by atoms with E-state index in [9.17, 15) is 8.42 Å². The highest BCUT2D eigenvalue weighted by Crippen LogP contribution is 2.58. The van der Waals surface area contributed by atoms with Crippen LogP contribution in [0.2, 0.25) is 0 Å². The fourth-order valence-corrected chi connectivity index (χ4v) is 10.9. The molecule has 0 saturated heterocycles. The number of halogens is 1. The summed E-state index contributed by atoms with van der Waals surface area (Å²) in [5, 5.41) is 4.75. The zero-order valence-electron chi connectivity index (χ0n) is 21.1. The summed E-state index contributed by atoms with van der Waals surface area (Å²) < 4.78 is 29.1. The number of hydrogen-bond donors (Lipinski definition) is 0. The van der Waals surface area contributed by atoms with E-state index in [2.05, 4.69) is 72.8 Å². The van der Waals surface area contributed by atoms with E-state index < -0.39 is 17.3 Å². The van der Waals surface area contributed by atoms with Crippen molar-refractivity contribution in [2.75, 3.05) is 0 Å². The van der Waals surface area contributed by atoms with Gasteiger partial charge in [-0.05, 0) is 54.6 Å². The minimum atomic E-state index is -3.77. The summed E-state index contributed by atoms with van der Waals surface area (Å²) in [7, 11) is -5.96. The topological polar surface area (TPSA) is 39.1 Å². The molecule has 6 heteroatoms. The average Bonchev–Trinajstić information content (AvgIpc) is 3.37. The first kappa shape index (κ1) is 27.1. The number of aromatic nitrogens is 1. The van der Waals surface area contributed by atoms with Crippen LogP contribution in [0.3, 0.4) is 0 Å². The fourth-order valence-electron chi connectivity index (χ4n) is 5.27. The van der Waals surface area contributed by atoms with Crippen LogP contribution >= 0.6 is 7.26 Å². The van der Waals surface area contributed by atoms with E-state index in [0.717, 1.165) is 10.9 Å². The van der Waals surface area contributed by atoms with Gasteiger partial charge in [-0.25, -0.2) is 12.4 Å². The number of fused-ring (bicyclic) bond motifs is 1. The van der Waals surface area contributed by atoms with Crippen molar-refractivity contribution in [3.63, 3.8) is 0 Å². The van der Waals surface area contributed by atoms with E-state index >= 15 is 0 Å². The first-order valence-electron chi connectivity index (χ1n) is 12.6. The lowest BCUT2D eigenvalue weighted by atomic mass is 10.2. The van der Waals surface area contributed by atoms with Crippen LogP contribution in [0.15, 0.2) is 157 Å². The number of nitrogens with zero attached hydrogens (tertiary/aromatic N) is 1. The highest BCUT2D eigenvalue weighted by atomic mass is 79.9. The van der Waals surface area contributed by atoms with Crippen molar-refractivity contribution in [3.8, 4) is 0 Å². The zero-order chi connectivity index (χ0) is 26.0. The molecule has 6 aromatic rings. The molecule has 3 nitrogen and oxygen atoms in total. The number of benzene rings is 5. The fraction of sp³-hybridized carbons (Fsp3) is 0.0303. The Balaban J connectivity index is 0.00000308. The Morgan fingerprint density at radius 1 is 0.538 bits per heavy atom. The number of rotatable bonds is 7. The van der Waals surface area contributed by atoms with Gasteiger partial charge in [0.25, 0.3) is 10.0 Å². The molecule has 194 valence electrons. The van der Waals surface area contributed by atoms with E-state index in [0.29, 0.717) is 11.7 Å². The monoisotopic (exact) mass is 611 g/mol. The largest absolute Gasteiger partial charge is 1.00 e. The Bertz CT molecular complexity index is 1690. The smallest absolute Gasteiger partial charge is 0.268 e. The SMILES string of the molecule is O=S(=O)(c1ccccc1)n1cc(C[P+](c2ccccc2)(c2ccccc2)c2ccccc2)c2ccccc21.[Br-]. The molecule has 0 aliphatic carbocycles. The van der Waals surface area contributed by atoms with Crippen LogP contribution in [0.1, 0.15) is 5.56 Å². The molecule has 0 spiro atoms.